The summed E-state index contributed by atoms with van der Waals surface area (Å²) in [6.07, 6.45) is -3.74. The smallest absolute Gasteiger partial charge is 0.425 e. The Kier molecular flexibility index (Phi) is 6.95. The quantitative estimate of drug-likeness (QED) is 0.506. The third-order valence-electron chi connectivity index (χ3n) is 4.55. The second-order valence-electron chi connectivity index (χ2n) is 7.19. The summed E-state index contributed by atoms with van der Waals surface area (Å²) in [5, 5.41) is 11.0. The van der Waals surface area contributed by atoms with Gasteiger partial charge in [-0.15, -0.1) is 0 Å². The van der Waals surface area contributed by atoms with Crippen LogP contribution in [0.25, 0.3) is 0 Å². The lowest BCUT2D eigenvalue weighted by Crippen LogP contribution is -2.43. The number of ether oxygens (including phenoxy) is 1. The molecular formula is C22H27F3N2O2. The van der Waals surface area contributed by atoms with Crippen molar-refractivity contribution < 1.29 is 23.0 Å². The number of alkyl halides is 3. The number of nitrogens with zero attached hydrogens (tertiary/aromatic N) is 2. The van der Waals surface area contributed by atoms with Crippen molar-refractivity contribution in [2.24, 2.45) is 4.99 Å². The van der Waals surface area contributed by atoms with Gasteiger partial charge in [-0.25, -0.2) is 4.99 Å². The summed E-state index contributed by atoms with van der Waals surface area (Å²) >= 11 is 0. The zero-order valence-electron chi connectivity index (χ0n) is 17.3. The normalized spacial score (nSPS) is 14.3. The van der Waals surface area contributed by atoms with Crippen LogP contribution >= 0.6 is 0 Å². The highest BCUT2D eigenvalue weighted by molar-refractivity contribution is 5.66. The topological polar surface area (TPSA) is 45.1 Å². The second kappa shape index (κ2) is 8.86. The van der Waals surface area contributed by atoms with Crippen molar-refractivity contribution in [2.45, 2.75) is 45.6 Å². The fourth-order valence-corrected chi connectivity index (χ4v) is 2.84. The molecule has 0 aromatic heterocycles. The SMILES string of the molecule is CCN(C)/C=N/c1cc(OC(C)C)c(C(O)(c2ccccc2)C(F)(F)F)cc1C. The lowest BCUT2D eigenvalue weighted by Gasteiger charge is -2.33. The zero-order valence-corrected chi connectivity index (χ0v) is 17.3. The molecule has 0 fully saturated rings. The van der Waals surface area contributed by atoms with Gasteiger partial charge in [0.25, 0.3) is 0 Å². The van der Waals surface area contributed by atoms with Crippen LogP contribution in [-0.4, -0.2) is 42.2 Å². The molecule has 0 bridgehead atoms. The Morgan fingerprint density at radius 3 is 2.31 bits per heavy atom. The lowest BCUT2D eigenvalue weighted by atomic mass is 9.84. The number of aryl methyl sites for hydroxylation is 1. The van der Waals surface area contributed by atoms with Gasteiger partial charge in [-0.05, 0) is 44.9 Å². The van der Waals surface area contributed by atoms with Gasteiger partial charge in [-0.3, -0.25) is 0 Å². The molecule has 0 saturated heterocycles. The molecular weight excluding hydrogens is 381 g/mol. The molecule has 0 aliphatic rings. The van der Waals surface area contributed by atoms with Crippen molar-refractivity contribution in [1.82, 2.24) is 4.90 Å². The van der Waals surface area contributed by atoms with Gasteiger partial charge < -0.3 is 14.7 Å². The summed E-state index contributed by atoms with van der Waals surface area (Å²) in [7, 11) is 1.84. The first kappa shape index (κ1) is 22.7. The molecule has 0 heterocycles. The molecule has 4 nitrogen and oxygen atoms in total. The van der Waals surface area contributed by atoms with E-state index in [1.165, 1.54) is 36.4 Å². The number of hydrogen-bond acceptors (Lipinski definition) is 3. The molecule has 2 aromatic rings. The van der Waals surface area contributed by atoms with Crippen molar-refractivity contribution in [3.8, 4) is 5.75 Å². The number of hydrogen-bond donors (Lipinski definition) is 1. The molecule has 0 saturated carbocycles. The highest BCUT2D eigenvalue weighted by Gasteiger charge is 2.57. The van der Waals surface area contributed by atoms with E-state index in [9.17, 15) is 18.3 Å². The van der Waals surface area contributed by atoms with Gasteiger partial charge in [-0.1, -0.05) is 30.3 Å². The first-order chi connectivity index (χ1) is 13.5. The standard InChI is InChI=1S/C22H27F3N2O2/c1-6-27(5)14-26-19-13-20(29-15(2)3)18(12-16(19)4)21(28,22(23,24)25)17-10-8-7-9-11-17/h7-15,28H,6H2,1-5H3/b26-14+. The second-order valence-corrected chi connectivity index (χ2v) is 7.19. The third-order valence-corrected chi connectivity index (χ3v) is 4.55. The highest BCUT2D eigenvalue weighted by atomic mass is 19.4. The van der Waals surface area contributed by atoms with E-state index in [2.05, 4.69) is 4.99 Å². The van der Waals surface area contributed by atoms with Gasteiger partial charge in [0.2, 0.25) is 5.60 Å². The van der Waals surface area contributed by atoms with Crippen molar-refractivity contribution >= 4 is 12.0 Å². The van der Waals surface area contributed by atoms with Gasteiger partial charge in [0, 0.05) is 25.2 Å². The Morgan fingerprint density at radius 2 is 1.79 bits per heavy atom. The van der Waals surface area contributed by atoms with Gasteiger partial charge in [0.1, 0.15) is 5.75 Å². The minimum Gasteiger partial charge on any atom is -0.491 e. The molecule has 0 aliphatic heterocycles. The number of aliphatic imine (C=N–C) groups is 1. The van der Waals surface area contributed by atoms with E-state index in [4.69, 9.17) is 4.74 Å². The first-order valence-corrected chi connectivity index (χ1v) is 9.41. The van der Waals surface area contributed by atoms with Crippen molar-refractivity contribution in [3.63, 3.8) is 0 Å². The van der Waals surface area contributed by atoms with Gasteiger partial charge in [0.15, 0.2) is 0 Å². The van der Waals surface area contributed by atoms with Crippen LogP contribution in [0.4, 0.5) is 18.9 Å². The Labute approximate surface area is 169 Å². The largest absolute Gasteiger partial charge is 0.491 e. The molecule has 29 heavy (non-hydrogen) atoms. The number of rotatable bonds is 7. The predicted octanol–water partition coefficient (Wildman–Crippen LogP) is 5.19. The highest BCUT2D eigenvalue weighted by Crippen LogP contribution is 2.48. The van der Waals surface area contributed by atoms with Crippen LogP contribution in [0.2, 0.25) is 0 Å². The molecule has 158 valence electrons. The van der Waals surface area contributed by atoms with Crippen molar-refractivity contribution in [1.29, 1.82) is 0 Å². The Bertz CT molecular complexity index is 851. The number of aliphatic hydroxyl groups is 1. The Morgan fingerprint density at radius 1 is 1.17 bits per heavy atom. The zero-order chi connectivity index (χ0) is 21.8. The number of benzene rings is 2. The van der Waals surface area contributed by atoms with E-state index in [1.807, 2.05) is 18.9 Å². The third kappa shape index (κ3) is 4.90. The van der Waals surface area contributed by atoms with Crippen LogP contribution in [0.3, 0.4) is 0 Å². The van der Waals surface area contributed by atoms with E-state index in [0.29, 0.717) is 11.3 Å². The molecule has 2 rings (SSSR count). The average Bonchev–Trinajstić information content (AvgIpc) is 2.66. The number of halogens is 3. The van der Waals surface area contributed by atoms with Crippen LogP contribution in [0, 0.1) is 6.92 Å². The fourth-order valence-electron chi connectivity index (χ4n) is 2.84. The van der Waals surface area contributed by atoms with E-state index < -0.39 is 11.8 Å². The molecule has 0 amide bonds. The van der Waals surface area contributed by atoms with Crippen LogP contribution in [-0.2, 0) is 5.60 Å². The molecule has 1 unspecified atom stereocenters. The maximum Gasteiger partial charge on any atom is 0.425 e. The summed E-state index contributed by atoms with van der Waals surface area (Å²) in [5.74, 6) is -0.0550. The molecule has 1 N–H and O–H groups in total. The van der Waals surface area contributed by atoms with Crippen molar-refractivity contribution in [2.75, 3.05) is 13.6 Å². The summed E-state index contributed by atoms with van der Waals surface area (Å²) < 4.78 is 48.2. The van der Waals surface area contributed by atoms with E-state index in [1.54, 1.807) is 33.2 Å². The summed E-state index contributed by atoms with van der Waals surface area (Å²) in [5.41, 5.74) is -2.88. The molecule has 2 aromatic carbocycles. The lowest BCUT2D eigenvalue weighted by molar-refractivity contribution is -0.248. The van der Waals surface area contributed by atoms with E-state index in [-0.39, 0.29) is 23.0 Å². The van der Waals surface area contributed by atoms with Gasteiger partial charge >= 0.3 is 6.18 Å². The molecule has 0 radical (unpaired) electrons. The van der Waals surface area contributed by atoms with Crippen LogP contribution in [0.5, 0.6) is 5.75 Å². The van der Waals surface area contributed by atoms with Crippen molar-refractivity contribution in [3.05, 3.63) is 59.2 Å². The summed E-state index contributed by atoms with van der Waals surface area (Å²) in [4.78, 5) is 6.20. The summed E-state index contributed by atoms with van der Waals surface area (Å²) in [6, 6.07) is 9.77. The monoisotopic (exact) mass is 408 g/mol. The van der Waals surface area contributed by atoms with Gasteiger partial charge in [-0.2, -0.15) is 13.2 Å². The predicted molar refractivity (Wildman–Crippen MR) is 109 cm³/mol. The Balaban J connectivity index is 2.74. The maximum atomic E-state index is 14.2. The molecule has 1 atom stereocenters. The maximum absolute atomic E-state index is 14.2. The molecule has 0 aliphatic carbocycles. The average molecular weight is 408 g/mol. The van der Waals surface area contributed by atoms with E-state index >= 15 is 0 Å². The van der Waals surface area contributed by atoms with Gasteiger partial charge in [0.05, 0.1) is 18.1 Å². The van der Waals surface area contributed by atoms with Crippen LogP contribution in [0.15, 0.2) is 47.5 Å². The molecule has 0 spiro atoms. The van der Waals surface area contributed by atoms with Crippen LogP contribution < -0.4 is 4.74 Å². The fraction of sp³-hybridized carbons (Fsp3) is 0.409. The summed E-state index contributed by atoms with van der Waals surface area (Å²) in [6.45, 7) is 7.78. The van der Waals surface area contributed by atoms with E-state index in [0.717, 1.165) is 6.54 Å². The minimum atomic E-state index is -4.96. The Hall–Kier alpha value is -2.54. The minimum absolute atomic E-state index is 0.0550. The van der Waals surface area contributed by atoms with Crippen LogP contribution in [0.1, 0.15) is 37.5 Å². The first-order valence-electron chi connectivity index (χ1n) is 9.41. The molecule has 7 heteroatoms.